The molecule has 0 fully saturated rings. The van der Waals surface area contributed by atoms with E-state index in [9.17, 15) is 23.1 Å². The summed E-state index contributed by atoms with van der Waals surface area (Å²) in [4.78, 5) is 16.1. The minimum atomic E-state index is -4.53. The van der Waals surface area contributed by atoms with Crippen molar-refractivity contribution in [2.45, 2.75) is 25.1 Å². The molecule has 1 aromatic carbocycles. The van der Waals surface area contributed by atoms with Crippen LogP contribution in [0.5, 0.6) is 0 Å². The Hall–Kier alpha value is -2.91. The molecule has 0 amide bonds. The number of nitrogens with one attached hydrogen (secondary N) is 1. The highest BCUT2D eigenvalue weighted by atomic mass is 35.5. The Kier molecular flexibility index (Phi) is 6.14. The first-order chi connectivity index (χ1) is 14.1. The fourth-order valence-electron chi connectivity index (χ4n) is 2.78. The number of aliphatic hydroxyl groups is 1. The summed E-state index contributed by atoms with van der Waals surface area (Å²) >= 11 is 6.11. The van der Waals surface area contributed by atoms with Gasteiger partial charge < -0.3 is 10.4 Å². The molecular formula is C20H18ClF3N4O2. The Morgan fingerprint density at radius 3 is 2.40 bits per heavy atom. The first-order valence-electron chi connectivity index (χ1n) is 8.93. The van der Waals surface area contributed by atoms with Gasteiger partial charge in [0.25, 0.3) is 5.56 Å². The zero-order valence-corrected chi connectivity index (χ0v) is 16.6. The largest absolute Gasteiger partial charge is 0.417 e. The number of hydrogen-bond acceptors (Lipinski definition) is 5. The lowest BCUT2D eigenvalue weighted by Gasteiger charge is -2.24. The van der Waals surface area contributed by atoms with Crippen molar-refractivity contribution in [1.29, 1.82) is 0 Å². The van der Waals surface area contributed by atoms with Crippen LogP contribution in [0.15, 0.2) is 59.7 Å². The molecule has 0 spiro atoms. The van der Waals surface area contributed by atoms with Gasteiger partial charge >= 0.3 is 6.18 Å². The average molecular weight is 439 g/mol. The van der Waals surface area contributed by atoms with E-state index in [2.05, 4.69) is 15.4 Å². The molecule has 2 heterocycles. The van der Waals surface area contributed by atoms with E-state index < -0.39 is 22.9 Å². The zero-order chi connectivity index (χ0) is 21.9. The van der Waals surface area contributed by atoms with Gasteiger partial charge in [-0.1, -0.05) is 41.9 Å². The lowest BCUT2D eigenvalue weighted by atomic mass is 9.93. The van der Waals surface area contributed by atoms with Crippen LogP contribution in [0.25, 0.3) is 5.82 Å². The number of nitrogens with zero attached hydrogens (tertiary/aromatic N) is 3. The molecule has 0 aliphatic carbocycles. The van der Waals surface area contributed by atoms with Crippen LogP contribution in [0.2, 0.25) is 5.02 Å². The van der Waals surface area contributed by atoms with Crippen molar-refractivity contribution >= 4 is 17.3 Å². The molecule has 0 saturated carbocycles. The van der Waals surface area contributed by atoms with Gasteiger partial charge in [-0.25, -0.2) is 4.98 Å². The Morgan fingerprint density at radius 1 is 1.10 bits per heavy atom. The topological polar surface area (TPSA) is 80.0 Å². The van der Waals surface area contributed by atoms with E-state index in [1.165, 1.54) is 6.20 Å². The molecule has 158 valence electrons. The number of aromatic nitrogens is 3. The second kappa shape index (κ2) is 8.45. The van der Waals surface area contributed by atoms with Crippen molar-refractivity contribution in [3.8, 4) is 5.82 Å². The van der Waals surface area contributed by atoms with E-state index in [0.717, 1.165) is 22.4 Å². The molecule has 6 nitrogen and oxygen atoms in total. The molecule has 0 aliphatic rings. The van der Waals surface area contributed by atoms with Crippen molar-refractivity contribution < 1.29 is 18.3 Å². The average Bonchev–Trinajstić information content (AvgIpc) is 2.71. The minimum absolute atomic E-state index is 0.0894. The molecule has 0 aliphatic heterocycles. The second-order valence-electron chi connectivity index (χ2n) is 6.81. The first kappa shape index (κ1) is 21.8. The number of rotatable bonds is 6. The number of alkyl halides is 3. The third-order valence-corrected chi connectivity index (χ3v) is 4.90. The quantitative estimate of drug-likeness (QED) is 0.608. The lowest BCUT2D eigenvalue weighted by molar-refractivity contribution is -0.137. The van der Waals surface area contributed by atoms with Gasteiger partial charge in [0.2, 0.25) is 0 Å². The van der Waals surface area contributed by atoms with Gasteiger partial charge in [-0.2, -0.15) is 23.0 Å². The van der Waals surface area contributed by atoms with E-state index in [-0.39, 0.29) is 16.5 Å². The molecule has 30 heavy (non-hydrogen) atoms. The van der Waals surface area contributed by atoms with Gasteiger partial charge in [-0.15, -0.1) is 0 Å². The molecule has 3 rings (SSSR count). The van der Waals surface area contributed by atoms with Gasteiger partial charge in [-0.3, -0.25) is 4.79 Å². The molecule has 10 heteroatoms. The van der Waals surface area contributed by atoms with E-state index in [1.54, 1.807) is 6.92 Å². The van der Waals surface area contributed by atoms with Crippen molar-refractivity contribution in [3.05, 3.63) is 81.4 Å². The van der Waals surface area contributed by atoms with Crippen LogP contribution in [0.1, 0.15) is 24.5 Å². The summed E-state index contributed by atoms with van der Waals surface area (Å²) in [6.45, 7) is 1.98. The Labute approximate surface area is 175 Å². The molecule has 2 N–H and O–H groups in total. The van der Waals surface area contributed by atoms with Crippen molar-refractivity contribution in [1.82, 2.24) is 14.8 Å². The molecule has 3 aromatic rings. The van der Waals surface area contributed by atoms with Crippen LogP contribution in [-0.2, 0) is 11.8 Å². The van der Waals surface area contributed by atoms with E-state index in [0.29, 0.717) is 19.2 Å². The summed E-state index contributed by atoms with van der Waals surface area (Å²) in [6, 6.07) is 11.0. The third-order valence-electron chi connectivity index (χ3n) is 4.53. The first-order valence-corrected chi connectivity index (χ1v) is 9.30. The van der Waals surface area contributed by atoms with Crippen molar-refractivity contribution in [2.75, 3.05) is 11.9 Å². The van der Waals surface area contributed by atoms with Crippen molar-refractivity contribution in [3.63, 3.8) is 0 Å². The second-order valence-corrected chi connectivity index (χ2v) is 7.19. The molecule has 0 saturated heterocycles. The van der Waals surface area contributed by atoms with Gasteiger partial charge in [0.05, 0.1) is 23.0 Å². The SMILES string of the molecule is CC(O)(CCNc1cnn(-c2ccc(C(F)(F)F)cn2)c(=O)c1Cl)c1ccccc1. The van der Waals surface area contributed by atoms with Crippen LogP contribution in [0.3, 0.4) is 0 Å². The highest BCUT2D eigenvalue weighted by Gasteiger charge is 2.30. The van der Waals surface area contributed by atoms with Gasteiger partial charge in [0.15, 0.2) is 5.82 Å². The predicted molar refractivity (Wildman–Crippen MR) is 107 cm³/mol. The smallest absolute Gasteiger partial charge is 0.385 e. The van der Waals surface area contributed by atoms with Gasteiger partial charge in [-0.05, 0) is 31.0 Å². The lowest BCUT2D eigenvalue weighted by Crippen LogP contribution is -2.26. The van der Waals surface area contributed by atoms with Crippen LogP contribution >= 0.6 is 11.6 Å². The highest BCUT2D eigenvalue weighted by molar-refractivity contribution is 6.32. The van der Waals surface area contributed by atoms with Crippen LogP contribution in [0, 0.1) is 0 Å². The number of hydrogen-bond donors (Lipinski definition) is 2. The highest BCUT2D eigenvalue weighted by Crippen LogP contribution is 2.29. The maximum atomic E-state index is 12.7. The summed E-state index contributed by atoms with van der Waals surface area (Å²) < 4.78 is 38.8. The van der Waals surface area contributed by atoms with E-state index in [4.69, 9.17) is 11.6 Å². The van der Waals surface area contributed by atoms with Crippen LogP contribution < -0.4 is 10.9 Å². The van der Waals surface area contributed by atoms with Crippen LogP contribution in [0.4, 0.5) is 18.9 Å². The number of benzene rings is 1. The molecule has 0 radical (unpaired) electrons. The van der Waals surface area contributed by atoms with E-state index >= 15 is 0 Å². The maximum Gasteiger partial charge on any atom is 0.417 e. The summed E-state index contributed by atoms with van der Waals surface area (Å²) in [5.74, 6) is -0.0894. The normalized spacial score (nSPS) is 13.7. The van der Waals surface area contributed by atoms with Gasteiger partial charge in [0.1, 0.15) is 5.02 Å². The summed E-state index contributed by atoms with van der Waals surface area (Å²) in [5.41, 5.74) is -1.76. The predicted octanol–water partition coefficient (Wildman–Crippen LogP) is 4.01. The number of pyridine rings is 1. The number of anilines is 1. The summed E-state index contributed by atoms with van der Waals surface area (Å²) in [7, 11) is 0. The monoisotopic (exact) mass is 438 g/mol. The Morgan fingerprint density at radius 2 is 1.80 bits per heavy atom. The summed E-state index contributed by atoms with van der Waals surface area (Å²) in [5, 5.41) is 17.3. The molecular weight excluding hydrogens is 421 g/mol. The molecule has 1 unspecified atom stereocenters. The number of halogens is 4. The Balaban J connectivity index is 1.73. The zero-order valence-electron chi connectivity index (χ0n) is 15.8. The van der Waals surface area contributed by atoms with Crippen LogP contribution in [-0.4, -0.2) is 26.4 Å². The minimum Gasteiger partial charge on any atom is -0.385 e. The van der Waals surface area contributed by atoms with E-state index in [1.807, 2.05) is 30.3 Å². The molecule has 0 bridgehead atoms. The molecule has 1 atom stereocenters. The van der Waals surface area contributed by atoms with Gasteiger partial charge in [0, 0.05) is 12.7 Å². The third kappa shape index (κ3) is 4.80. The fourth-order valence-corrected chi connectivity index (χ4v) is 2.98. The standard InChI is InChI=1S/C20H18ClF3N4O2/c1-19(30,13-5-3-2-4-6-13)9-10-25-15-12-27-28(18(29)17(15)21)16-8-7-14(11-26-16)20(22,23)24/h2-8,11-12,25,30H,9-10H2,1H3. The fraction of sp³-hybridized carbons (Fsp3) is 0.250. The Bertz CT molecular complexity index is 1070. The maximum absolute atomic E-state index is 12.7. The van der Waals surface area contributed by atoms with Crippen molar-refractivity contribution in [2.24, 2.45) is 0 Å². The summed E-state index contributed by atoms with van der Waals surface area (Å²) in [6.07, 6.45) is -2.30. The molecule has 2 aromatic heterocycles.